The van der Waals surface area contributed by atoms with Gasteiger partial charge in [-0.3, -0.25) is 0 Å². The molecule has 11 aromatic carbocycles. The highest BCUT2D eigenvalue weighted by atomic mass is 15.2. The van der Waals surface area contributed by atoms with Crippen LogP contribution >= 0.6 is 0 Å². The summed E-state index contributed by atoms with van der Waals surface area (Å²) in [7, 11) is 0. The standard InChI is InChI=1S/C58H38N2/c1-3-19-41(20-4-1)56-50-28-12-11-26-47(50)48-36-35-45(38-52(48)57(56)42-21-5-2-6-22-42)59(53-31-15-24-40-18-9-10-25-46(40)53)55-32-16-29-51-49-27-13-14-30-54(49)60(58(51)55)44-34-33-39-17-7-8-23-43(39)37-44/h1-38H. The van der Waals surface area contributed by atoms with E-state index in [-0.39, 0.29) is 0 Å². The van der Waals surface area contributed by atoms with Gasteiger partial charge in [-0.25, -0.2) is 0 Å². The molecule has 0 saturated heterocycles. The molecule has 12 rings (SSSR count). The smallest absolute Gasteiger partial charge is 0.0782 e. The van der Waals surface area contributed by atoms with Gasteiger partial charge in [0.2, 0.25) is 0 Å². The molecule has 0 aliphatic carbocycles. The summed E-state index contributed by atoms with van der Waals surface area (Å²) in [6.45, 7) is 0. The van der Waals surface area contributed by atoms with Crippen LogP contribution in [-0.4, -0.2) is 4.57 Å². The van der Waals surface area contributed by atoms with Crippen LogP contribution in [-0.2, 0) is 0 Å². The van der Waals surface area contributed by atoms with Gasteiger partial charge in [0.25, 0.3) is 0 Å². The SMILES string of the molecule is c1ccc(-c2c(-c3ccccc3)c3cc(N(c4cccc5ccccc45)c4cccc5c6ccccc6n(-c6ccc7ccccc7c6)c45)ccc3c3ccccc23)cc1. The maximum atomic E-state index is 2.51. The molecule has 12 aromatic rings. The molecule has 0 radical (unpaired) electrons. The lowest BCUT2D eigenvalue weighted by atomic mass is 9.85. The van der Waals surface area contributed by atoms with Crippen molar-refractivity contribution in [3.8, 4) is 27.9 Å². The van der Waals surface area contributed by atoms with Gasteiger partial charge in [-0.05, 0) is 102 Å². The minimum absolute atomic E-state index is 1.09. The van der Waals surface area contributed by atoms with Crippen LogP contribution in [0.5, 0.6) is 0 Å². The van der Waals surface area contributed by atoms with Crippen LogP contribution in [0.1, 0.15) is 0 Å². The first kappa shape index (κ1) is 34.1. The number of anilines is 3. The van der Waals surface area contributed by atoms with Crippen molar-refractivity contribution in [3.63, 3.8) is 0 Å². The molecule has 0 bridgehead atoms. The molecular weight excluding hydrogens is 725 g/mol. The average Bonchev–Trinajstić information content (AvgIpc) is 3.67. The van der Waals surface area contributed by atoms with E-state index in [2.05, 4.69) is 240 Å². The van der Waals surface area contributed by atoms with Crippen molar-refractivity contribution in [2.45, 2.75) is 0 Å². The van der Waals surface area contributed by atoms with E-state index in [9.17, 15) is 0 Å². The second kappa shape index (κ2) is 13.9. The third-order valence-corrected chi connectivity index (χ3v) is 12.3. The lowest BCUT2D eigenvalue weighted by Crippen LogP contribution is -2.12. The summed E-state index contributed by atoms with van der Waals surface area (Å²) in [6, 6.07) is 84.5. The fourth-order valence-electron chi connectivity index (χ4n) is 9.70. The number of benzene rings is 11. The molecule has 0 atom stereocenters. The van der Waals surface area contributed by atoms with Crippen LogP contribution in [0.4, 0.5) is 17.1 Å². The van der Waals surface area contributed by atoms with Gasteiger partial charge in [0.05, 0.1) is 22.4 Å². The maximum Gasteiger partial charge on any atom is 0.0782 e. The minimum Gasteiger partial charge on any atom is -0.308 e. The second-order valence-electron chi connectivity index (χ2n) is 15.6. The van der Waals surface area contributed by atoms with Gasteiger partial charge < -0.3 is 9.47 Å². The van der Waals surface area contributed by atoms with Crippen LogP contribution in [0, 0.1) is 0 Å². The maximum absolute atomic E-state index is 2.51. The Morgan fingerprint density at radius 1 is 0.300 bits per heavy atom. The zero-order valence-corrected chi connectivity index (χ0v) is 32.8. The van der Waals surface area contributed by atoms with E-state index < -0.39 is 0 Å². The Labute approximate surface area is 348 Å². The first-order valence-corrected chi connectivity index (χ1v) is 20.7. The Kier molecular flexibility index (Phi) is 7.89. The minimum atomic E-state index is 1.09. The van der Waals surface area contributed by atoms with E-state index in [0.29, 0.717) is 0 Å². The molecule has 0 unspecified atom stereocenters. The van der Waals surface area contributed by atoms with Gasteiger partial charge in [-0.15, -0.1) is 0 Å². The Hall–Kier alpha value is -7.94. The molecule has 0 spiro atoms. The topological polar surface area (TPSA) is 8.17 Å². The van der Waals surface area contributed by atoms with E-state index in [0.717, 1.165) is 28.3 Å². The quantitative estimate of drug-likeness (QED) is 0.153. The van der Waals surface area contributed by atoms with Gasteiger partial charge in [0.1, 0.15) is 0 Å². The number of aromatic nitrogens is 1. The van der Waals surface area contributed by atoms with Crippen LogP contribution < -0.4 is 4.90 Å². The fourth-order valence-corrected chi connectivity index (χ4v) is 9.70. The van der Waals surface area contributed by atoms with Gasteiger partial charge in [0.15, 0.2) is 0 Å². The third kappa shape index (κ3) is 5.35. The van der Waals surface area contributed by atoms with E-state index in [1.807, 2.05) is 0 Å². The molecular formula is C58H38N2. The van der Waals surface area contributed by atoms with Gasteiger partial charge in [-0.1, -0.05) is 188 Å². The zero-order chi connectivity index (χ0) is 39.6. The van der Waals surface area contributed by atoms with Crippen molar-refractivity contribution in [2.75, 3.05) is 4.90 Å². The number of nitrogens with zero attached hydrogens (tertiary/aromatic N) is 2. The normalized spacial score (nSPS) is 11.7. The number of hydrogen-bond acceptors (Lipinski definition) is 1. The van der Waals surface area contributed by atoms with Crippen LogP contribution in [0.15, 0.2) is 231 Å². The summed E-state index contributed by atoms with van der Waals surface area (Å²) in [6.07, 6.45) is 0. The fraction of sp³-hybridized carbons (Fsp3) is 0. The highest BCUT2D eigenvalue weighted by Crippen LogP contribution is 2.49. The van der Waals surface area contributed by atoms with Gasteiger partial charge >= 0.3 is 0 Å². The van der Waals surface area contributed by atoms with Crippen molar-refractivity contribution < 1.29 is 0 Å². The third-order valence-electron chi connectivity index (χ3n) is 12.3. The summed E-state index contributed by atoms with van der Waals surface area (Å²) < 4.78 is 2.47. The average molecular weight is 763 g/mol. The summed E-state index contributed by atoms with van der Waals surface area (Å²) in [4.78, 5) is 2.51. The molecule has 2 heteroatoms. The summed E-state index contributed by atoms with van der Waals surface area (Å²) in [5.41, 5.74) is 11.7. The number of rotatable bonds is 6. The summed E-state index contributed by atoms with van der Waals surface area (Å²) in [5.74, 6) is 0. The monoisotopic (exact) mass is 762 g/mol. The second-order valence-corrected chi connectivity index (χ2v) is 15.6. The van der Waals surface area contributed by atoms with E-state index in [1.165, 1.54) is 81.6 Å². The van der Waals surface area contributed by atoms with E-state index in [1.54, 1.807) is 0 Å². The molecule has 60 heavy (non-hydrogen) atoms. The Morgan fingerprint density at radius 3 is 1.63 bits per heavy atom. The summed E-state index contributed by atoms with van der Waals surface area (Å²) in [5, 5.41) is 12.2. The van der Waals surface area contributed by atoms with Crippen molar-refractivity contribution in [2.24, 2.45) is 0 Å². The number of para-hydroxylation sites is 2. The molecule has 0 N–H and O–H groups in total. The van der Waals surface area contributed by atoms with E-state index in [4.69, 9.17) is 0 Å². The zero-order valence-electron chi connectivity index (χ0n) is 32.8. The van der Waals surface area contributed by atoms with Gasteiger partial charge in [0, 0.05) is 27.5 Å². The van der Waals surface area contributed by atoms with E-state index >= 15 is 0 Å². The molecule has 280 valence electrons. The molecule has 2 nitrogen and oxygen atoms in total. The molecule has 0 saturated carbocycles. The Morgan fingerprint density at radius 2 is 0.850 bits per heavy atom. The highest BCUT2D eigenvalue weighted by Gasteiger charge is 2.25. The summed E-state index contributed by atoms with van der Waals surface area (Å²) >= 11 is 0. The highest BCUT2D eigenvalue weighted by molar-refractivity contribution is 6.23. The largest absolute Gasteiger partial charge is 0.308 e. The van der Waals surface area contributed by atoms with Gasteiger partial charge in [-0.2, -0.15) is 0 Å². The molecule has 0 amide bonds. The lowest BCUT2D eigenvalue weighted by Gasteiger charge is -2.29. The Balaban J connectivity index is 1.23. The Bertz CT molecular complexity index is 3600. The van der Waals surface area contributed by atoms with Crippen LogP contribution in [0.25, 0.3) is 92.8 Å². The first-order valence-electron chi connectivity index (χ1n) is 20.7. The molecule has 1 heterocycles. The predicted molar refractivity (Wildman–Crippen MR) is 256 cm³/mol. The molecule has 0 aliphatic heterocycles. The number of fused-ring (bicyclic) bond motifs is 8. The molecule has 0 aliphatic rings. The van der Waals surface area contributed by atoms with Crippen molar-refractivity contribution in [3.05, 3.63) is 231 Å². The predicted octanol–water partition coefficient (Wildman–Crippen LogP) is 16.2. The van der Waals surface area contributed by atoms with Crippen molar-refractivity contribution in [1.82, 2.24) is 4.57 Å². The first-order chi connectivity index (χ1) is 29.8. The number of hydrogen-bond donors (Lipinski definition) is 0. The molecule has 1 aromatic heterocycles. The van der Waals surface area contributed by atoms with Crippen molar-refractivity contribution >= 4 is 82.0 Å². The van der Waals surface area contributed by atoms with Crippen LogP contribution in [0.3, 0.4) is 0 Å². The van der Waals surface area contributed by atoms with Crippen LogP contribution in [0.2, 0.25) is 0 Å². The van der Waals surface area contributed by atoms with Crippen molar-refractivity contribution in [1.29, 1.82) is 0 Å². The lowest BCUT2D eigenvalue weighted by molar-refractivity contribution is 1.17. The molecule has 0 fully saturated rings.